The summed E-state index contributed by atoms with van der Waals surface area (Å²) in [5.41, 5.74) is 6.08. The minimum atomic E-state index is -0.327. The lowest BCUT2D eigenvalue weighted by atomic mass is 10.1. The molecular formula is C23H18N4O3. The summed E-state index contributed by atoms with van der Waals surface area (Å²) in [6.45, 7) is 1.98. The Hall–Kier alpha value is -4.26. The van der Waals surface area contributed by atoms with Gasteiger partial charge in [0, 0.05) is 11.1 Å². The second-order valence-electron chi connectivity index (χ2n) is 6.56. The number of aryl methyl sites for hydroxylation is 1. The van der Waals surface area contributed by atoms with Gasteiger partial charge in [0.1, 0.15) is 5.75 Å². The Morgan fingerprint density at radius 1 is 0.967 bits per heavy atom. The Kier molecular flexibility index (Phi) is 5.34. The van der Waals surface area contributed by atoms with Crippen molar-refractivity contribution in [1.82, 2.24) is 15.6 Å². The minimum Gasteiger partial charge on any atom is -0.507 e. The summed E-state index contributed by atoms with van der Waals surface area (Å²) in [4.78, 5) is 12.3. The third-order valence-electron chi connectivity index (χ3n) is 4.51. The van der Waals surface area contributed by atoms with E-state index >= 15 is 0 Å². The number of nitrogens with one attached hydrogen (secondary N) is 1. The Labute approximate surface area is 172 Å². The molecule has 0 spiro atoms. The normalized spacial score (nSPS) is 11.0. The molecule has 2 N–H and O–H groups in total. The van der Waals surface area contributed by atoms with Gasteiger partial charge in [-0.3, -0.25) is 4.79 Å². The molecule has 148 valence electrons. The van der Waals surface area contributed by atoms with Crippen molar-refractivity contribution in [3.63, 3.8) is 0 Å². The summed E-state index contributed by atoms with van der Waals surface area (Å²) in [6.07, 6.45) is 1.61. The van der Waals surface area contributed by atoms with E-state index < -0.39 is 0 Å². The Balaban J connectivity index is 1.45. The van der Waals surface area contributed by atoms with Gasteiger partial charge in [0.05, 0.1) is 11.8 Å². The highest BCUT2D eigenvalue weighted by Gasteiger charge is 2.14. The van der Waals surface area contributed by atoms with Gasteiger partial charge in [-0.2, -0.15) is 5.10 Å². The number of aromatic nitrogens is 2. The van der Waals surface area contributed by atoms with Gasteiger partial charge >= 0.3 is 0 Å². The molecule has 30 heavy (non-hydrogen) atoms. The lowest BCUT2D eigenvalue weighted by molar-refractivity contribution is 0.0955. The van der Waals surface area contributed by atoms with Crippen LogP contribution in [0.2, 0.25) is 0 Å². The summed E-state index contributed by atoms with van der Waals surface area (Å²) < 4.78 is 5.66. The molecule has 4 aromatic rings. The van der Waals surface area contributed by atoms with Crippen molar-refractivity contribution in [2.75, 3.05) is 0 Å². The molecule has 1 amide bonds. The van der Waals surface area contributed by atoms with Crippen LogP contribution in [0.4, 0.5) is 0 Å². The lowest BCUT2D eigenvalue weighted by Crippen LogP contribution is -2.17. The molecule has 0 aliphatic rings. The van der Waals surface area contributed by atoms with Gasteiger partial charge in [-0.15, -0.1) is 10.2 Å². The molecule has 0 saturated heterocycles. The van der Waals surface area contributed by atoms with Crippen molar-refractivity contribution < 1.29 is 14.3 Å². The van der Waals surface area contributed by atoms with Crippen LogP contribution in [-0.4, -0.2) is 27.4 Å². The number of nitrogens with zero attached hydrogens (tertiary/aromatic N) is 3. The number of phenols is 1. The van der Waals surface area contributed by atoms with Crippen molar-refractivity contribution in [3.05, 3.63) is 89.5 Å². The van der Waals surface area contributed by atoms with Crippen LogP contribution in [0.25, 0.3) is 22.9 Å². The van der Waals surface area contributed by atoms with E-state index in [1.54, 1.807) is 54.7 Å². The van der Waals surface area contributed by atoms with Crippen LogP contribution in [0.1, 0.15) is 21.5 Å². The molecule has 0 atom stereocenters. The molecule has 0 unspecified atom stereocenters. The summed E-state index contributed by atoms with van der Waals surface area (Å²) in [5.74, 6) is 0.242. The average molecular weight is 398 g/mol. The molecule has 0 fully saturated rings. The van der Waals surface area contributed by atoms with E-state index in [2.05, 4.69) is 20.7 Å². The zero-order valence-corrected chi connectivity index (χ0v) is 16.1. The monoisotopic (exact) mass is 398 g/mol. The molecular weight excluding hydrogens is 380 g/mol. The zero-order chi connectivity index (χ0) is 20.9. The van der Waals surface area contributed by atoms with E-state index in [-0.39, 0.29) is 23.4 Å². The maximum atomic E-state index is 12.3. The number of amides is 1. The quantitative estimate of drug-likeness (QED) is 0.388. The van der Waals surface area contributed by atoms with Crippen LogP contribution in [-0.2, 0) is 0 Å². The molecule has 0 saturated carbocycles. The fourth-order valence-electron chi connectivity index (χ4n) is 2.82. The van der Waals surface area contributed by atoms with Gasteiger partial charge in [-0.05, 0) is 54.4 Å². The predicted octanol–water partition coefficient (Wildman–Crippen LogP) is 4.18. The van der Waals surface area contributed by atoms with E-state index in [4.69, 9.17) is 4.42 Å². The molecule has 1 aromatic heterocycles. The maximum absolute atomic E-state index is 12.3. The van der Waals surface area contributed by atoms with Crippen LogP contribution in [0, 0.1) is 6.92 Å². The van der Waals surface area contributed by atoms with Gasteiger partial charge < -0.3 is 9.52 Å². The van der Waals surface area contributed by atoms with Gasteiger partial charge in [-0.25, -0.2) is 5.43 Å². The number of rotatable bonds is 5. The van der Waals surface area contributed by atoms with Gasteiger partial charge in [0.25, 0.3) is 11.8 Å². The third kappa shape index (κ3) is 4.10. The van der Waals surface area contributed by atoms with Crippen LogP contribution < -0.4 is 5.43 Å². The summed E-state index contributed by atoms with van der Waals surface area (Å²) in [6, 6.07) is 21.2. The first kappa shape index (κ1) is 19.1. The molecule has 0 bridgehead atoms. The van der Waals surface area contributed by atoms with Crippen molar-refractivity contribution >= 4 is 12.1 Å². The lowest BCUT2D eigenvalue weighted by Gasteiger charge is -2.02. The van der Waals surface area contributed by atoms with Crippen LogP contribution in [0.3, 0.4) is 0 Å². The number of hydrazone groups is 1. The number of hydrogen-bond donors (Lipinski definition) is 2. The van der Waals surface area contributed by atoms with E-state index in [9.17, 15) is 9.90 Å². The van der Waals surface area contributed by atoms with E-state index in [1.807, 2.05) is 31.2 Å². The first-order valence-corrected chi connectivity index (χ1v) is 9.23. The molecule has 7 heteroatoms. The SMILES string of the molecule is Cc1ccccc1/C=N/NC(=O)c1ccc(-c2nnc(-c3ccccc3O)o2)cc1. The fraction of sp³-hybridized carbons (Fsp3) is 0.0435. The maximum Gasteiger partial charge on any atom is 0.271 e. The van der Waals surface area contributed by atoms with Crippen LogP contribution in [0.5, 0.6) is 5.75 Å². The second kappa shape index (κ2) is 8.40. The highest BCUT2D eigenvalue weighted by Crippen LogP contribution is 2.29. The van der Waals surface area contributed by atoms with Crippen molar-refractivity contribution in [3.8, 4) is 28.7 Å². The number of carbonyl (C=O) groups is 1. The largest absolute Gasteiger partial charge is 0.507 e. The van der Waals surface area contributed by atoms with E-state index in [0.29, 0.717) is 16.7 Å². The van der Waals surface area contributed by atoms with E-state index in [0.717, 1.165) is 11.1 Å². The molecule has 0 radical (unpaired) electrons. The number of benzene rings is 3. The highest BCUT2D eigenvalue weighted by molar-refractivity contribution is 5.95. The topological polar surface area (TPSA) is 101 Å². The zero-order valence-electron chi connectivity index (χ0n) is 16.1. The summed E-state index contributed by atoms with van der Waals surface area (Å²) in [5, 5.41) is 21.9. The molecule has 1 heterocycles. The van der Waals surface area contributed by atoms with Crippen molar-refractivity contribution in [1.29, 1.82) is 0 Å². The third-order valence-corrected chi connectivity index (χ3v) is 4.51. The second-order valence-corrected chi connectivity index (χ2v) is 6.56. The van der Waals surface area contributed by atoms with Crippen LogP contribution in [0.15, 0.2) is 82.3 Å². The number of hydrogen-bond acceptors (Lipinski definition) is 6. The van der Waals surface area contributed by atoms with Crippen LogP contribution >= 0.6 is 0 Å². The first-order valence-electron chi connectivity index (χ1n) is 9.23. The molecule has 0 aliphatic heterocycles. The molecule has 0 aliphatic carbocycles. The van der Waals surface area contributed by atoms with Gasteiger partial charge in [0.2, 0.25) is 5.89 Å². The average Bonchev–Trinajstić information content (AvgIpc) is 3.25. The Bertz CT molecular complexity index is 1210. The van der Waals surface area contributed by atoms with Crippen molar-refractivity contribution in [2.45, 2.75) is 6.92 Å². The number of para-hydroxylation sites is 1. The standard InChI is InChI=1S/C23H18N4O3/c1-15-6-2-3-7-18(15)14-24-25-21(29)16-10-12-17(13-11-16)22-26-27-23(30-22)19-8-4-5-9-20(19)28/h2-14,28H,1H3,(H,25,29)/b24-14+. The Morgan fingerprint density at radius 2 is 1.67 bits per heavy atom. The number of phenolic OH excluding ortho intramolecular Hbond substituents is 1. The Morgan fingerprint density at radius 3 is 2.43 bits per heavy atom. The molecule has 4 rings (SSSR count). The predicted molar refractivity (Wildman–Crippen MR) is 113 cm³/mol. The fourth-order valence-corrected chi connectivity index (χ4v) is 2.82. The molecule has 3 aromatic carbocycles. The number of carbonyl (C=O) groups excluding carboxylic acids is 1. The smallest absolute Gasteiger partial charge is 0.271 e. The van der Waals surface area contributed by atoms with Gasteiger partial charge in [0.15, 0.2) is 0 Å². The van der Waals surface area contributed by atoms with Gasteiger partial charge in [-0.1, -0.05) is 36.4 Å². The van der Waals surface area contributed by atoms with E-state index in [1.165, 1.54) is 0 Å². The van der Waals surface area contributed by atoms with Crippen molar-refractivity contribution in [2.24, 2.45) is 5.10 Å². The minimum absolute atomic E-state index is 0.0611. The number of aromatic hydroxyl groups is 1. The molecule has 7 nitrogen and oxygen atoms in total. The summed E-state index contributed by atoms with van der Waals surface area (Å²) >= 11 is 0. The summed E-state index contributed by atoms with van der Waals surface area (Å²) in [7, 11) is 0. The first-order chi connectivity index (χ1) is 14.6. The highest BCUT2D eigenvalue weighted by atomic mass is 16.4.